The van der Waals surface area contributed by atoms with Crippen LogP contribution in [0.15, 0.2) is 59.5 Å². The molecule has 0 amide bonds. The lowest BCUT2D eigenvalue weighted by Gasteiger charge is -2.33. The van der Waals surface area contributed by atoms with Crippen molar-refractivity contribution >= 4 is 10.8 Å². The Bertz CT molecular complexity index is 702. The molecule has 0 radical (unpaired) electrons. The molecule has 0 aliphatic carbocycles. The highest BCUT2D eigenvalue weighted by molar-refractivity contribution is 7.85. The lowest BCUT2D eigenvalue weighted by Crippen LogP contribution is -2.43. The smallest absolute Gasteiger partial charge is 0.0957 e. The van der Waals surface area contributed by atoms with Crippen LogP contribution in [0.5, 0.6) is 0 Å². The average molecular weight is 375 g/mol. The minimum Gasteiger partial charge on any atom is -0.390 e. The quantitative estimate of drug-likeness (QED) is 0.808. The third kappa shape index (κ3) is 5.48. The summed E-state index contributed by atoms with van der Waals surface area (Å²) in [7, 11) is -1.19. The third-order valence-electron chi connectivity index (χ3n) is 4.60. The monoisotopic (exact) mass is 374 g/mol. The van der Waals surface area contributed by atoms with E-state index >= 15 is 0 Å². The van der Waals surface area contributed by atoms with Crippen LogP contribution in [-0.2, 0) is 26.9 Å². The summed E-state index contributed by atoms with van der Waals surface area (Å²) in [4.78, 5) is 0.772. The van der Waals surface area contributed by atoms with Gasteiger partial charge in [-0.2, -0.15) is 0 Å². The first-order valence-corrected chi connectivity index (χ1v) is 10.3. The predicted molar refractivity (Wildman–Crippen MR) is 102 cm³/mol. The number of hydrogen-bond acceptors (Lipinski definition) is 4. The van der Waals surface area contributed by atoms with E-state index in [0.29, 0.717) is 25.4 Å². The standard InChI is InChI=1S/C21H26O4S/c1-16-7-10-19(11-8-16)26(23)15-21-20(22)12-9-18(25-21)14-24-13-17-5-3-2-4-6-17/h2-8,10-11,18,20-22H,9,12-15H2,1H3/t18-,20+,21-,26?/m0/s1. The van der Waals surface area contributed by atoms with Crippen LogP contribution < -0.4 is 0 Å². The van der Waals surface area contributed by atoms with Gasteiger partial charge in [-0.05, 0) is 37.5 Å². The average Bonchev–Trinajstić information content (AvgIpc) is 2.65. The van der Waals surface area contributed by atoms with Gasteiger partial charge >= 0.3 is 0 Å². The van der Waals surface area contributed by atoms with E-state index in [1.165, 1.54) is 0 Å². The van der Waals surface area contributed by atoms with Gasteiger partial charge in [-0.15, -0.1) is 0 Å². The van der Waals surface area contributed by atoms with E-state index < -0.39 is 23.0 Å². The Labute approximate surface area is 157 Å². The molecular weight excluding hydrogens is 348 g/mol. The first-order valence-electron chi connectivity index (χ1n) is 9.02. The van der Waals surface area contributed by atoms with Crippen molar-refractivity contribution in [3.8, 4) is 0 Å². The van der Waals surface area contributed by atoms with Crippen molar-refractivity contribution in [2.45, 2.75) is 49.6 Å². The van der Waals surface area contributed by atoms with Crippen molar-refractivity contribution in [2.24, 2.45) is 0 Å². The molecule has 0 saturated carbocycles. The number of aryl methyl sites for hydroxylation is 1. The molecule has 2 aromatic carbocycles. The molecule has 26 heavy (non-hydrogen) atoms. The second-order valence-electron chi connectivity index (χ2n) is 6.77. The molecule has 1 aliphatic rings. The number of rotatable bonds is 7. The number of hydrogen-bond donors (Lipinski definition) is 1. The molecule has 1 aliphatic heterocycles. The van der Waals surface area contributed by atoms with E-state index in [2.05, 4.69) is 0 Å². The van der Waals surface area contributed by atoms with E-state index in [-0.39, 0.29) is 6.10 Å². The summed E-state index contributed by atoms with van der Waals surface area (Å²) in [5, 5.41) is 10.2. The van der Waals surface area contributed by atoms with Crippen LogP contribution in [0.1, 0.15) is 24.0 Å². The molecule has 140 valence electrons. The summed E-state index contributed by atoms with van der Waals surface area (Å²) >= 11 is 0. The van der Waals surface area contributed by atoms with Gasteiger partial charge in [0.2, 0.25) is 0 Å². The highest BCUT2D eigenvalue weighted by atomic mass is 32.2. The Morgan fingerprint density at radius 2 is 1.85 bits per heavy atom. The molecule has 4 atom stereocenters. The molecule has 1 fully saturated rings. The zero-order valence-corrected chi connectivity index (χ0v) is 15.9. The minimum atomic E-state index is -1.19. The van der Waals surface area contributed by atoms with Gasteiger partial charge in [-0.25, -0.2) is 0 Å². The molecular formula is C21H26O4S. The summed E-state index contributed by atoms with van der Waals surface area (Å²) in [5.41, 5.74) is 2.26. The van der Waals surface area contributed by atoms with Crippen LogP contribution in [0.25, 0.3) is 0 Å². The predicted octanol–water partition coefficient (Wildman–Crippen LogP) is 3.23. The molecule has 0 spiro atoms. The van der Waals surface area contributed by atoms with E-state index in [1.807, 2.05) is 61.5 Å². The number of ether oxygens (including phenoxy) is 2. The van der Waals surface area contributed by atoms with Gasteiger partial charge < -0.3 is 14.6 Å². The topological polar surface area (TPSA) is 55.8 Å². The van der Waals surface area contributed by atoms with Crippen LogP contribution in [0.3, 0.4) is 0 Å². The Balaban J connectivity index is 1.49. The van der Waals surface area contributed by atoms with Gasteiger partial charge in [0.1, 0.15) is 0 Å². The number of aliphatic hydroxyl groups excluding tert-OH is 1. The van der Waals surface area contributed by atoms with Gasteiger partial charge in [0.05, 0.1) is 48.1 Å². The summed E-state index contributed by atoms with van der Waals surface area (Å²) < 4.78 is 24.3. The number of aliphatic hydroxyl groups is 1. The SMILES string of the molecule is Cc1ccc(S(=O)C[C@@H]2O[C@H](COCc3ccccc3)CC[C@H]2O)cc1. The Morgan fingerprint density at radius 1 is 1.12 bits per heavy atom. The normalized spacial score (nSPS) is 24.3. The van der Waals surface area contributed by atoms with Gasteiger partial charge in [0.25, 0.3) is 0 Å². The Morgan fingerprint density at radius 3 is 2.58 bits per heavy atom. The Hall–Kier alpha value is -1.53. The fourth-order valence-corrected chi connectivity index (χ4v) is 4.27. The van der Waals surface area contributed by atoms with Crippen LogP contribution in [0.4, 0.5) is 0 Å². The molecule has 0 bridgehead atoms. The first-order chi connectivity index (χ1) is 12.6. The second kappa shape index (κ2) is 9.42. The van der Waals surface area contributed by atoms with Crippen LogP contribution in [-0.4, -0.2) is 40.0 Å². The molecule has 2 aromatic rings. The largest absolute Gasteiger partial charge is 0.390 e. The molecule has 4 nitrogen and oxygen atoms in total. The molecule has 1 unspecified atom stereocenters. The minimum absolute atomic E-state index is 0.0675. The van der Waals surface area contributed by atoms with Crippen molar-refractivity contribution < 1.29 is 18.8 Å². The van der Waals surface area contributed by atoms with E-state index in [1.54, 1.807) is 0 Å². The van der Waals surface area contributed by atoms with Crippen molar-refractivity contribution in [1.82, 2.24) is 0 Å². The summed E-state index contributed by atoms with van der Waals surface area (Å²) in [6, 6.07) is 17.7. The fourth-order valence-electron chi connectivity index (χ4n) is 3.04. The van der Waals surface area contributed by atoms with Gasteiger partial charge in [0, 0.05) is 4.90 Å². The first kappa shape index (κ1) is 19.2. The maximum absolute atomic E-state index is 12.6. The second-order valence-corrected chi connectivity index (χ2v) is 8.26. The van der Waals surface area contributed by atoms with Gasteiger partial charge in [-0.3, -0.25) is 4.21 Å². The number of benzene rings is 2. The molecule has 1 saturated heterocycles. The molecule has 1 N–H and O–H groups in total. The molecule has 0 aromatic heterocycles. The van der Waals surface area contributed by atoms with Crippen LogP contribution >= 0.6 is 0 Å². The third-order valence-corrected chi connectivity index (χ3v) is 6.02. The van der Waals surface area contributed by atoms with E-state index in [0.717, 1.165) is 22.4 Å². The Kier molecular flexibility index (Phi) is 6.97. The van der Waals surface area contributed by atoms with Gasteiger partial charge in [-0.1, -0.05) is 48.0 Å². The maximum Gasteiger partial charge on any atom is 0.0957 e. The summed E-state index contributed by atoms with van der Waals surface area (Å²) in [5.74, 6) is 0.305. The maximum atomic E-state index is 12.6. The lowest BCUT2D eigenvalue weighted by atomic mass is 10.0. The molecule has 3 rings (SSSR count). The van der Waals surface area contributed by atoms with Gasteiger partial charge in [0.15, 0.2) is 0 Å². The zero-order chi connectivity index (χ0) is 18.4. The summed E-state index contributed by atoms with van der Waals surface area (Å²) in [6.07, 6.45) is 0.340. The fraction of sp³-hybridized carbons (Fsp3) is 0.429. The highest BCUT2D eigenvalue weighted by Crippen LogP contribution is 2.22. The zero-order valence-electron chi connectivity index (χ0n) is 15.0. The van der Waals surface area contributed by atoms with Crippen LogP contribution in [0.2, 0.25) is 0 Å². The van der Waals surface area contributed by atoms with E-state index in [9.17, 15) is 9.32 Å². The molecule has 5 heteroatoms. The van der Waals surface area contributed by atoms with E-state index in [4.69, 9.17) is 9.47 Å². The van der Waals surface area contributed by atoms with Crippen molar-refractivity contribution in [1.29, 1.82) is 0 Å². The van der Waals surface area contributed by atoms with Crippen molar-refractivity contribution in [3.63, 3.8) is 0 Å². The molecule has 1 heterocycles. The summed E-state index contributed by atoms with van der Waals surface area (Å²) in [6.45, 7) is 3.03. The van der Waals surface area contributed by atoms with Crippen molar-refractivity contribution in [3.05, 3.63) is 65.7 Å². The highest BCUT2D eigenvalue weighted by Gasteiger charge is 2.31. The van der Waals surface area contributed by atoms with Crippen molar-refractivity contribution in [2.75, 3.05) is 12.4 Å². The lowest BCUT2D eigenvalue weighted by molar-refractivity contribution is -0.129. The van der Waals surface area contributed by atoms with Crippen LogP contribution in [0, 0.1) is 6.92 Å².